The van der Waals surface area contributed by atoms with Crippen molar-refractivity contribution in [2.75, 3.05) is 26.2 Å². The third kappa shape index (κ3) is 4.87. The molecule has 29 heavy (non-hydrogen) atoms. The average Bonchev–Trinajstić information content (AvgIpc) is 2.70. The Balaban J connectivity index is 1.61. The van der Waals surface area contributed by atoms with Gasteiger partial charge in [-0.15, -0.1) is 0 Å². The number of hydrogen-bond acceptors (Lipinski definition) is 5. The van der Waals surface area contributed by atoms with Crippen LogP contribution in [0.2, 0.25) is 10.0 Å². The van der Waals surface area contributed by atoms with Crippen LogP contribution in [0, 0.1) is 10.1 Å². The van der Waals surface area contributed by atoms with Crippen LogP contribution >= 0.6 is 23.2 Å². The molecule has 1 heterocycles. The molecule has 0 radical (unpaired) electrons. The molecule has 0 N–H and O–H groups in total. The van der Waals surface area contributed by atoms with Crippen molar-refractivity contribution in [3.05, 3.63) is 68.2 Å². The maximum absolute atomic E-state index is 12.8. The number of piperazine rings is 1. The number of benzene rings is 2. The lowest BCUT2D eigenvalue weighted by atomic mass is 10.1. The van der Waals surface area contributed by atoms with Crippen molar-refractivity contribution in [3.63, 3.8) is 0 Å². The molecular weight excluding hydrogens is 441 g/mol. The van der Waals surface area contributed by atoms with Crippen LogP contribution in [0.5, 0.6) is 0 Å². The normalized spacial score (nSPS) is 15.3. The van der Waals surface area contributed by atoms with E-state index in [1.54, 1.807) is 17.0 Å². The number of halogens is 2. The lowest BCUT2D eigenvalue weighted by molar-refractivity contribution is -0.384. The van der Waals surface area contributed by atoms with Gasteiger partial charge in [-0.05, 0) is 23.8 Å². The third-order valence-electron chi connectivity index (χ3n) is 4.62. The highest BCUT2D eigenvalue weighted by Crippen LogP contribution is 2.27. The fraction of sp³-hybridized carbons (Fsp3) is 0.278. The smallest absolute Gasteiger partial charge is 0.269 e. The second-order valence-electron chi connectivity index (χ2n) is 6.46. The second-order valence-corrected chi connectivity index (χ2v) is 9.21. The molecule has 1 fully saturated rings. The van der Waals surface area contributed by atoms with Crippen LogP contribution in [0.4, 0.5) is 5.69 Å². The molecule has 0 aliphatic carbocycles. The third-order valence-corrected chi connectivity index (χ3v) is 7.26. The van der Waals surface area contributed by atoms with Crippen LogP contribution in [0.3, 0.4) is 0 Å². The topological polar surface area (TPSA) is 101 Å². The van der Waals surface area contributed by atoms with Crippen molar-refractivity contribution < 1.29 is 18.1 Å². The summed E-state index contributed by atoms with van der Waals surface area (Å²) < 4.78 is 26.8. The number of carbonyl (C=O) groups excluding carboxylic acids is 1. The van der Waals surface area contributed by atoms with Crippen molar-refractivity contribution in [2.24, 2.45) is 0 Å². The van der Waals surface area contributed by atoms with Crippen LogP contribution in [0.1, 0.15) is 5.56 Å². The van der Waals surface area contributed by atoms with Gasteiger partial charge < -0.3 is 4.90 Å². The summed E-state index contributed by atoms with van der Waals surface area (Å²) in [6.07, 6.45) is 0.0948. The van der Waals surface area contributed by atoms with E-state index in [0.29, 0.717) is 5.56 Å². The largest absolute Gasteiger partial charge is 0.340 e. The molecule has 1 aliphatic rings. The quantitative estimate of drug-likeness (QED) is 0.507. The lowest BCUT2D eigenvalue weighted by Crippen LogP contribution is -2.50. The van der Waals surface area contributed by atoms with Gasteiger partial charge in [-0.1, -0.05) is 35.3 Å². The standard InChI is InChI=1S/C18H17Cl2N3O5S/c19-16-6-5-15(12-17(16)20)29(27,28)22-9-7-21(8-10-22)18(24)11-13-1-3-14(4-2-13)23(25)26/h1-6,12H,7-11H2. The molecule has 154 valence electrons. The summed E-state index contributed by atoms with van der Waals surface area (Å²) in [7, 11) is -3.73. The predicted molar refractivity (Wildman–Crippen MR) is 109 cm³/mol. The zero-order valence-electron chi connectivity index (χ0n) is 15.1. The SMILES string of the molecule is O=C(Cc1ccc([N+](=O)[O-])cc1)N1CCN(S(=O)(=O)c2ccc(Cl)c(Cl)c2)CC1. The summed E-state index contributed by atoms with van der Waals surface area (Å²) in [6, 6.07) is 9.93. The van der Waals surface area contributed by atoms with Gasteiger partial charge in [0.15, 0.2) is 0 Å². The maximum Gasteiger partial charge on any atom is 0.269 e. The number of amides is 1. The number of hydrogen-bond donors (Lipinski definition) is 0. The molecule has 3 rings (SSSR count). The Morgan fingerprint density at radius 2 is 1.62 bits per heavy atom. The molecule has 1 aliphatic heterocycles. The van der Waals surface area contributed by atoms with Gasteiger partial charge in [0.1, 0.15) is 0 Å². The van der Waals surface area contributed by atoms with Crippen molar-refractivity contribution in [1.82, 2.24) is 9.21 Å². The van der Waals surface area contributed by atoms with Crippen molar-refractivity contribution in [1.29, 1.82) is 0 Å². The first-order chi connectivity index (χ1) is 13.7. The number of nitro groups is 1. The first-order valence-electron chi connectivity index (χ1n) is 8.65. The predicted octanol–water partition coefficient (Wildman–Crippen LogP) is 2.98. The van der Waals surface area contributed by atoms with E-state index >= 15 is 0 Å². The molecule has 2 aromatic carbocycles. The Labute approximate surface area is 177 Å². The van der Waals surface area contributed by atoms with Gasteiger partial charge in [0, 0.05) is 38.3 Å². The van der Waals surface area contributed by atoms with E-state index in [1.165, 1.54) is 34.6 Å². The van der Waals surface area contributed by atoms with E-state index in [0.717, 1.165) is 0 Å². The van der Waals surface area contributed by atoms with Gasteiger partial charge in [-0.2, -0.15) is 4.31 Å². The van der Waals surface area contributed by atoms with E-state index in [9.17, 15) is 23.3 Å². The minimum absolute atomic E-state index is 0.0395. The summed E-state index contributed by atoms with van der Waals surface area (Å²) in [5.41, 5.74) is 0.619. The van der Waals surface area contributed by atoms with E-state index in [-0.39, 0.29) is 59.1 Å². The molecular formula is C18H17Cl2N3O5S. The minimum Gasteiger partial charge on any atom is -0.340 e. The van der Waals surface area contributed by atoms with Gasteiger partial charge in [0.05, 0.1) is 26.3 Å². The highest BCUT2D eigenvalue weighted by atomic mass is 35.5. The van der Waals surface area contributed by atoms with E-state index in [2.05, 4.69) is 0 Å². The summed E-state index contributed by atoms with van der Waals surface area (Å²) in [6.45, 7) is 0.835. The summed E-state index contributed by atoms with van der Waals surface area (Å²) in [5.74, 6) is -0.162. The van der Waals surface area contributed by atoms with Crippen LogP contribution in [-0.2, 0) is 21.2 Å². The molecule has 0 aromatic heterocycles. The number of sulfonamides is 1. The van der Waals surface area contributed by atoms with Crippen LogP contribution < -0.4 is 0 Å². The fourth-order valence-electron chi connectivity index (χ4n) is 2.99. The molecule has 0 spiro atoms. The molecule has 0 unspecified atom stereocenters. The van der Waals surface area contributed by atoms with Gasteiger partial charge in [-0.25, -0.2) is 8.42 Å². The van der Waals surface area contributed by atoms with Crippen molar-refractivity contribution >= 4 is 44.8 Å². The minimum atomic E-state index is -3.73. The zero-order valence-corrected chi connectivity index (χ0v) is 17.5. The molecule has 1 amide bonds. The molecule has 8 nitrogen and oxygen atoms in total. The lowest BCUT2D eigenvalue weighted by Gasteiger charge is -2.34. The van der Waals surface area contributed by atoms with Gasteiger partial charge >= 0.3 is 0 Å². The van der Waals surface area contributed by atoms with Crippen molar-refractivity contribution in [3.8, 4) is 0 Å². The molecule has 0 saturated carbocycles. The molecule has 1 saturated heterocycles. The molecule has 0 bridgehead atoms. The van der Waals surface area contributed by atoms with Crippen LogP contribution in [-0.4, -0.2) is 54.6 Å². The average molecular weight is 458 g/mol. The zero-order chi connectivity index (χ0) is 21.2. The van der Waals surface area contributed by atoms with E-state index in [1.807, 2.05) is 0 Å². The first-order valence-corrected chi connectivity index (χ1v) is 10.8. The van der Waals surface area contributed by atoms with E-state index < -0.39 is 14.9 Å². The monoisotopic (exact) mass is 457 g/mol. The van der Waals surface area contributed by atoms with Gasteiger partial charge in [-0.3, -0.25) is 14.9 Å². The number of nitrogens with zero attached hydrogens (tertiary/aromatic N) is 3. The Hall–Kier alpha value is -2.20. The maximum atomic E-state index is 12.8. The number of rotatable bonds is 5. The summed E-state index contributed by atoms with van der Waals surface area (Å²) in [4.78, 5) is 24.3. The number of non-ortho nitro benzene ring substituents is 1. The Morgan fingerprint density at radius 3 is 2.17 bits per heavy atom. The fourth-order valence-corrected chi connectivity index (χ4v) is 4.80. The van der Waals surface area contributed by atoms with E-state index in [4.69, 9.17) is 23.2 Å². The Morgan fingerprint density at radius 1 is 1.00 bits per heavy atom. The molecule has 11 heteroatoms. The molecule has 0 atom stereocenters. The highest BCUT2D eigenvalue weighted by molar-refractivity contribution is 7.89. The van der Waals surface area contributed by atoms with Gasteiger partial charge in [0.25, 0.3) is 5.69 Å². The summed E-state index contributed by atoms with van der Waals surface area (Å²) >= 11 is 11.8. The van der Waals surface area contributed by atoms with Crippen LogP contribution in [0.25, 0.3) is 0 Å². The second kappa shape index (κ2) is 8.66. The molecule has 2 aromatic rings. The van der Waals surface area contributed by atoms with Crippen molar-refractivity contribution in [2.45, 2.75) is 11.3 Å². The Bertz CT molecular complexity index is 1040. The first kappa shape index (κ1) is 21.5. The number of carbonyl (C=O) groups is 1. The number of nitro benzene ring substituents is 1. The summed E-state index contributed by atoms with van der Waals surface area (Å²) in [5, 5.41) is 11.1. The van der Waals surface area contributed by atoms with Gasteiger partial charge in [0.2, 0.25) is 15.9 Å². The Kier molecular flexibility index (Phi) is 6.42. The van der Waals surface area contributed by atoms with Crippen LogP contribution in [0.15, 0.2) is 47.4 Å². The highest BCUT2D eigenvalue weighted by Gasteiger charge is 2.30.